The number of hydrogen-bond acceptors (Lipinski definition) is 10. The summed E-state index contributed by atoms with van der Waals surface area (Å²) in [5, 5.41) is 3.74. The third kappa shape index (κ3) is 7.47. The zero-order valence-electron chi connectivity index (χ0n) is 21.8. The Morgan fingerprint density at radius 2 is 1.20 bits per heavy atom. The van der Waals surface area contributed by atoms with Crippen LogP contribution in [-0.4, -0.2) is 61.1 Å². The molecule has 1 aliphatic heterocycles. The average Bonchev–Trinajstić information content (AvgIpc) is 2.99. The van der Waals surface area contributed by atoms with Crippen molar-refractivity contribution in [3.05, 3.63) is 118 Å². The molecule has 0 aliphatic carbocycles. The zero-order valence-corrected chi connectivity index (χ0v) is 21.8. The van der Waals surface area contributed by atoms with Crippen LogP contribution in [0.3, 0.4) is 0 Å². The lowest BCUT2D eigenvalue weighted by Gasteiger charge is -2.43. The molecular weight excluding hydrogens is 534 g/mol. The minimum atomic E-state index is -1.61. The quantitative estimate of drug-likeness (QED) is 0.122. The predicted octanol–water partition coefficient (Wildman–Crippen LogP) is 4.26. The van der Waals surface area contributed by atoms with E-state index in [1.807, 2.05) is 0 Å². The fourth-order valence-electron chi connectivity index (χ4n) is 4.09. The van der Waals surface area contributed by atoms with Crippen molar-refractivity contribution in [2.75, 3.05) is 6.61 Å². The SMILES string of the molecule is CC(=O)O[C@H]1O[C@H](COC(=O)c2ccccc2)[C@H](N=[N+]=[N-])[C@H](OC(=O)c2ccccc2)[C@H]1OC(=O)c1ccccc1. The lowest BCUT2D eigenvalue weighted by atomic mass is 9.96. The summed E-state index contributed by atoms with van der Waals surface area (Å²) in [6, 6.07) is 22.6. The van der Waals surface area contributed by atoms with Crippen molar-refractivity contribution < 1.29 is 42.9 Å². The maximum atomic E-state index is 13.1. The molecule has 12 nitrogen and oxygen atoms in total. The van der Waals surface area contributed by atoms with Gasteiger partial charge in [-0.1, -0.05) is 59.7 Å². The number of hydrogen-bond donors (Lipinski definition) is 0. The van der Waals surface area contributed by atoms with Gasteiger partial charge in [0.2, 0.25) is 12.4 Å². The van der Waals surface area contributed by atoms with E-state index in [0.717, 1.165) is 6.92 Å². The largest absolute Gasteiger partial charge is 0.459 e. The van der Waals surface area contributed by atoms with Gasteiger partial charge in [0.05, 0.1) is 16.7 Å². The summed E-state index contributed by atoms with van der Waals surface area (Å²) in [5.41, 5.74) is 9.94. The van der Waals surface area contributed by atoms with Gasteiger partial charge >= 0.3 is 23.9 Å². The van der Waals surface area contributed by atoms with Crippen LogP contribution in [0.15, 0.2) is 96.1 Å². The molecule has 0 saturated carbocycles. The summed E-state index contributed by atoms with van der Waals surface area (Å²) < 4.78 is 27.9. The molecule has 12 heteroatoms. The predicted molar refractivity (Wildman–Crippen MR) is 141 cm³/mol. The molecule has 0 radical (unpaired) electrons. The van der Waals surface area contributed by atoms with Gasteiger partial charge in [0.25, 0.3) is 0 Å². The second-order valence-electron chi connectivity index (χ2n) is 8.78. The summed E-state index contributed by atoms with van der Waals surface area (Å²) in [7, 11) is 0. The number of rotatable bonds is 9. The van der Waals surface area contributed by atoms with Crippen LogP contribution in [-0.2, 0) is 28.5 Å². The molecule has 0 N–H and O–H groups in total. The third-order valence-electron chi connectivity index (χ3n) is 5.98. The zero-order chi connectivity index (χ0) is 29.2. The van der Waals surface area contributed by atoms with Crippen molar-refractivity contribution in [2.24, 2.45) is 5.11 Å². The third-order valence-corrected chi connectivity index (χ3v) is 5.98. The fraction of sp³-hybridized carbons (Fsp3) is 0.241. The van der Waals surface area contributed by atoms with Gasteiger partial charge in [-0.05, 0) is 41.9 Å². The Morgan fingerprint density at radius 3 is 1.66 bits per heavy atom. The van der Waals surface area contributed by atoms with E-state index < -0.39 is 61.1 Å². The standard InChI is InChI=1S/C29H25N3O9/c1-18(33)38-29-25(41-28(36)21-15-9-4-10-16-21)24(40-27(35)20-13-7-3-8-14-20)23(31-32-30)22(39-29)17-37-26(34)19-11-5-2-6-12-19/h2-16,22-25,29H,17H2,1H3/t22-,23+,24+,25-,29+/m1/s1. The van der Waals surface area contributed by atoms with Crippen molar-refractivity contribution in [3.63, 3.8) is 0 Å². The summed E-state index contributed by atoms with van der Waals surface area (Å²) in [6.07, 6.45) is -5.94. The Hall–Kier alpha value is -5.19. The molecule has 3 aromatic rings. The molecule has 4 rings (SSSR count). The first-order valence-electron chi connectivity index (χ1n) is 12.5. The van der Waals surface area contributed by atoms with E-state index in [0.29, 0.717) is 0 Å². The van der Waals surface area contributed by atoms with Crippen LogP contribution >= 0.6 is 0 Å². The van der Waals surface area contributed by atoms with E-state index >= 15 is 0 Å². The van der Waals surface area contributed by atoms with Crippen LogP contribution in [0.4, 0.5) is 0 Å². The molecule has 3 aromatic carbocycles. The molecule has 5 atom stereocenters. The molecule has 0 bridgehead atoms. The van der Waals surface area contributed by atoms with Gasteiger partial charge in [0, 0.05) is 11.8 Å². The number of nitrogens with zero attached hydrogens (tertiary/aromatic N) is 3. The number of esters is 4. The molecule has 41 heavy (non-hydrogen) atoms. The smallest absolute Gasteiger partial charge is 0.338 e. The highest BCUT2D eigenvalue weighted by Gasteiger charge is 2.52. The molecule has 1 aliphatic rings. The van der Waals surface area contributed by atoms with Gasteiger partial charge in [0.15, 0.2) is 6.10 Å². The number of azide groups is 1. The van der Waals surface area contributed by atoms with E-state index in [-0.39, 0.29) is 16.7 Å². The minimum absolute atomic E-state index is 0.154. The molecule has 1 heterocycles. The van der Waals surface area contributed by atoms with Gasteiger partial charge < -0.3 is 23.7 Å². The maximum Gasteiger partial charge on any atom is 0.338 e. The van der Waals surface area contributed by atoms with Crippen molar-refractivity contribution in [3.8, 4) is 0 Å². The Kier molecular flexibility index (Phi) is 9.66. The van der Waals surface area contributed by atoms with E-state index in [9.17, 15) is 24.7 Å². The molecule has 1 saturated heterocycles. The monoisotopic (exact) mass is 559 g/mol. The highest BCUT2D eigenvalue weighted by Crippen LogP contribution is 2.31. The van der Waals surface area contributed by atoms with Crippen LogP contribution in [0.2, 0.25) is 0 Å². The number of carbonyl (C=O) groups excluding carboxylic acids is 4. The Labute approximate surface area is 234 Å². The van der Waals surface area contributed by atoms with E-state index in [2.05, 4.69) is 10.0 Å². The van der Waals surface area contributed by atoms with Crippen LogP contribution in [0.1, 0.15) is 38.0 Å². The first-order chi connectivity index (χ1) is 19.9. The normalized spacial score (nSPS) is 21.4. The Morgan fingerprint density at radius 1 is 0.732 bits per heavy atom. The molecule has 0 unspecified atom stereocenters. The number of benzene rings is 3. The summed E-state index contributed by atoms with van der Waals surface area (Å²) in [5.74, 6) is -3.18. The van der Waals surface area contributed by atoms with Crippen molar-refractivity contribution >= 4 is 23.9 Å². The second kappa shape index (κ2) is 13.7. The van der Waals surface area contributed by atoms with Crippen LogP contribution in [0, 0.1) is 0 Å². The summed E-state index contributed by atoms with van der Waals surface area (Å²) >= 11 is 0. The topological polar surface area (TPSA) is 163 Å². The fourth-order valence-corrected chi connectivity index (χ4v) is 4.09. The molecule has 0 aromatic heterocycles. The number of carbonyl (C=O) groups is 4. The van der Waals surface area contributed by atoms with Crippen molar-refractivity contribution in [1.82, 2.24) is 0 Å². The lowest BCUT2D eigenvalue weighted by Crippen LogP contribution is -2.61. The van der Waals surface area contributed by atoms with Crippen LogP contribution in [0.5, 0.6) is 0 Å². The van der Waals surface area contributed by atoms with Gasteiger partial charge in [-0.25, -0.2) is 14.4 Å². The van der Waals surface area contributed by atoms with Gasteiger partial charge in [0.1, 0.15) is 18.8 Å². The second-order valence-corrected chi connectivity index (χ2v) is 8.78. The minimum Gasteiger partial charge on any atom is -0.459 e. The van der Waals surface area contributed by atoms with Gasteiger partial charge in [-0.15, -0.1) is 0 Å². The highest BCUT2D eigenvalue weighted by molar-refractivity contribution is 5.90. The maximum absolute atomic E-state index is 13.1. The average molecular weight is 560 g/mol. The molecule has 1 fully saturated rings. The van der Waals surface area contributed by atoms with E-state index in [1.54, 1.807) is 66.7 Å². The van der Waals surface area contributed by atoms with E-state index in [4.69, 9.17) is 23.7 Å². The van der Waals surface area contributed by atoms with Crippen LogP contribution in [0.25, 0.3) is 10.4 Å². The molecule has 0 amide bonds. The van der Waals surface area contributed by atoms with Gasteiger partial charge in [-0.3, -0.25) is 4.79 Å². The number of ether oxygens (including phenoxy) is 5. The lowest BCUT2D eigenvalue weighted by molar-refractivity contribution is -0.266. The van der Waals surface area contributed by atoms with Crippen molar-refractivity contribution in [2.45, 2.75) is 37.6 Å². The van der Waals surface area contributed by atoms with E-state index in [1.165, 1.54) is 24.3 Å². The highest BCUT2D eigenvalue weighted by atomic mass is 16.7. The van der Waals surface area contributed by atoms with Crippen LogP contribution < -0.4 is 0 Å². The van der Waals surface area contributed by atoms with Gasteiger partial charge in [-0.2, -0.15) is 0 Å². The summed E-state index contributed by atoms with van der Waals surface area (Å²) in [6.45, 7) is 0.627. The Bertz CT molecular complexity index is 1410. The first kappa shape index (κ1) is 28.8. The summed E-state index contributed by atoms with van der Waals surface area (Å²) in [4.78, 5) is 53.6. The Balaban J connectivity index is 1.68. The molecular formula is C29H25N3O9. The first-order valence-corrected chi connectivity index (χ1v) is 12.5. The molecule has 0 spiro atoms. The van der Waals surface area contributed by atoms with Crippen molar-refractivity contribution in [1.29, 1.82) is 0 Å². The molecule has 210 valence electrons.